The van der Waals surface area contributed by atoms with Gasteiger partial charge in [-0.15, -0.1) is 0 Å². The Morgan fingerprint density at radius 2 is 0.966 bits per heavy atom. The minimum absolute atomic E-state index is 0.252. The summed E-state index contributed by atoms with van der Waals surface area (Å²) in [5.41, 5.74) is 0. The van der Waals surface area contributed by atoms with E-state index in [4.69, 9.17) is 23.7 Å². The van der Waals surface area contributed by atoms with Gasteiger partial charge in [0.05, 0.1) is 27.4 Å². The molecule has 0 aliphatic rings. The quantitative estimate of drug-likeness (QED) is 0.371. The Kier molecular flexibility index (Phi) is 8.97. The van der Waals surface area contributed by atoms with Gasteiger partial charge in [-0.25, -0.2) is 0 Å². The first kappa shape index (κ1) is 22.7. The highest BCUT2D eigenvalue weighted by Crippen LogP contribution is 2.28. The molecule has 9 heteroatoms. The number of aliphatic hydroxyl groups is 4. The van der Waals surface area contributed by atoms with Crippen LogP contribution in [0.4, 0.5) is 0 Å². The fourth-order valence-corrected chi connectivity index (χ4v) is 2.32. The van der Waals surface area contributed by atoms with Crippen molar-refractivity contribution in [2.24, 2.45) is 0 Å². The molecule has 4 atom stereocenters. The molecular weight excluding hydrogens is 384 g/mol. The number of aliphatic hydroxyl groups excluding tert-OH is 4. The van der Waals surface area contributed by atoms with E-state index in [-0.39, 0.29) is 24.7 Å². The van der Waals surface area contributed by atoms with Crippen LogP contribution in [0.1, 0.15) is 0 Å². The number of ether oxygens (including phenoxy) is 5. The largest absolute Gasteiger partial charge is 0.493 e. The van der Waals surface area contributed by atoms with E-state index < -0.39 is 24.8 Å². The van der Waals surface area contributed by atoms with Gasteiger partial charge in [0, 0.05) is 0 Å². The Morgan fingerprint density at radius 3 is 1.31 bits per heavy atom. The molecule has 160 valence electrons. The van der Waals surface area contributed by atoms with E-state index >= 15 is 0 Å². The SMILES string of the molecule is COc1ccccc1OC(O)C(O)COCC(O)C(O)Oc1ccccc1OC. The molecule has 0 saturated heterocycles. The summed E-state index contributed by atoms with van der Waals surface area (Å²) in [5, 5.41) is 39.8. The number of methoxy groups -OCH3 is 2. The van der Waals surface area contributed by atoms with Crippen LogP contribution in [0.5, 0.6) is 23.0 Å². The normalized spacial score (nSPS) is 15.1. The average molecular weight is 410 g/mol. The average Bonchev–Trinajstić information content (AvgIpc) is 2.74. The van der Waals surface area contributed by atoms with E-state index in [0.717, 1.165) is 0 Å². The molecule has 9 nitrogen and oxygen atoms in total. The van der Waals surface area contributed by atoms with E-state index in [1.165, 1.54) is 14.2 Å². The van der Waals surface area contributed by atoms with Gasteiger partial charge in [0.2, 0.25) is 12.6 Å². The molecule has 2 rings (SSSR count). The molecule has 0 aliphatic carbocycles. The van der Waals surface area contributed by atoms with Crippen LogP contribution in [-0.4, -0.2) is 72.6 Å². The third-order valence-electron chi connectivity index (χ3n) is 3.87. The molecule has 0 radical (unpaired) electrons. The van der Waals surface area contributed by atoms with Crippen LogP contribution in [0.25, 0.3) is 0 Å². The lowest BCUT2D eigenvalue weighted by Crippen LogP contribution is -2.39. The lowest BCUT2D eigenvalue weighted by molar-refractivity contribution is -0.154. The molecule has 4 unspecified atom stereocenters. The summed E-state index contributed by atoms with van der Waals surface area (Å²) in [6, 6.07) is 13.3. The predicted molar refractivity (Wildman–Crippen MR) is 102 cm³/mol. The highest BCUT2D eigenvalue weighted by atomic mass is 16.6. The zero-order valence-electron chi connectivity index (χ0n) is 16.2. The highest BCUT2D eigenvalue weighted by molar-refractivity contribution is 5.40. The summed E-state index contributed by atoms with van der Waals surface area (Å²) < 4.78 is 25.9. The summed E-state index contributed by atoms with van der Waals surface area (Å²) >= 11 is 0. The van der Waals surface area contributed by atoms with Crippen LogP contribution in [0, 0.1) is 0 Å². The van der Waals surface area contributed by atoms with Gasteiger partial charge in [0.1, 0.15) is 12.2 Å². The number of benzene rings is 2. The zero-order chi connectivity index (χ0) is 21.2. The molecule has 0 spiro atoms. The lowest BCUT2D eigenvalue weighted by atomic mass is 10.3. The van der Waals surface area contributed by atoms with Gasteiger partial charge >= 0.3 is 0 Å². The maximum Gasteiger partial charge on any atom is 0.226 e. The lowest BCUT2D eigenvalue weighted by Gasteiger charge is -2.22. The van der Waals surface area contributed by atoms with Crippen molar-refractivity contribution in [1.29, 1.82) is 0 Å². The third kappa shape index (κ3) is 6.77. The number of hydrogen-bond donors (Lipinski definition) is 4. The summed E-state index contributed by atoms with van der Waals surface area (Å²) in [7, 11) is 2.90. The molecule has 0 amide bonds. The van der Waals surface area contributed by atoms with E-state index in [9.17, 15) is 20.4 Å². The summed E-state index contributed by atoms with van der Waals surface area (Å²) in [6.45, 7) is -0.705. The Bertz CT molecular complexity index is 678. The van der Waals surface area contributed by atoms with E-state index in [1.54, 1.807) is 48.5 Å². The molecule has 2 aromatic carbocycles. The van der Waals surface area contributed by atoms with Gasteiger partial charge in [-0.05, 0) is 24.3 Å². The molecule has 4 N–H and O–H groups in total. The molecule has 0 bridgehead atoms. The maximum absolute atomic E-state index is 9.96. The number of rotatable bonds is 12. The fraction of sp³-hybridized carbons (Fsp3) is 0.400. The van der Waals surface area contributed by atoms with E-state index in [0.29, 0.717) is 11.5 Å². The molecule has 29 heavy (non-hydrogen) atoms. The van der Waals surface area contributed by atoms with E-state index in [1.807, 2.05) is 0 Å². The van der Waals surface area contributed by atoms with Crippen molar-refractivity contribution in [3.63, 3.8) is 0 Å². The summed E-state index contributed by atoms with van der Waals surface area (Å²) in [4.78, 5) is 0. The second-order valence-electron chi connectivity index (χ2n) is 5.99. The Balaban J connectivity index is 1.77. The smallest absolute Gasteiger partial charge is 0.226 e. The first-order valence-electron chi connectivity index (χ1n) is 8.85. The predicted octanol–water partition coefficient (Wildman–Crippen LogP) is 0.537. The first-order chi connectivity index (χ1) is 14.0. The standard InChI is InChI=1S/C20H26O9/c1-25-15-7-3-5-9-17(15)28-19(23)13(21)11-27-12-14(22)20(24)29-18-10-6-4-8-16(18)26-2/h3-10,13-14,19-24H,11-12H2,1-2H3. The van der Waals surface area contributed by atoms with Crippen LogP contribution < -0.4 is 18.9 Å². The highest BCUT2D eigenvalue weighted by Gasteiger charge is 2.23. The minimum Gasteiger partial charge on any atom is -0.493 e. The minimum atomic E-state index is -1.59. The second kappa shape index (κ2) is 11.4. The third-order valence-corrected chi connectivity index (χ3v) is 3.87. The van der Waals surface area contributed by atoms with Gasteiger partial charge in [-0.1, -0.05) is 24.3 Å². The van der Waals surface area contributed by atoms with Crippen molar-refractivity contribution in [1.82, 2.24) is 0 Å². The van der Waals surface area contributed by atoms with Crippen LogP contribution in [0.3, 0.4) is 0 Å². The van der Waals surface area contributed by atoms with Crippen LogP contribution >= 0.6 is 0 Å². The topological polar surface area (TPSA) is 127 Å². The van der Waals surface area contributed by atoms with Gasteiger partial charge < -0.3 is 44.1 Å². The van der Waals surface area contributed by atoms with Crippen molar-refractivity contribution in [3.05, 3.63) is 48.5 Å². The molecule has 0 aliphatic heterocycles. The van der Waals surface area contributed by atoms with Crippen molar-refractivity contribution >= 4 is 0 Å². The van der Waals surface area contributed by atoms with Crippen molar-refractivity contribution < 1.29 is 44.1 Å². The Labute approximate surface area is 168 Å². The van der Waals surface area contributed by atoms with Gasteiger partial charge in [-0.2, -0.15) is 0 Å². The molecule has 0 heterocycles. The molecule has 0 aromatic heterocycles. The summed E-state index contributed by atoms with van der Waals surface area (Å²) in [5.74, 6) is 1.29. The van der Waals surface area contributed by atoms with Crippen LogP contribution in [-0.2, 0) is 4.74 Å². The summed E-state index contributed by atoms with van der Waals surface area (Å²) in [6.07, 6.45) is -5.98. The molecule has 0 fully saturated rings. The van der Waals surface area contributed by atoms with Crippen molar-refractivity contribution in [3.8, 4) is 23.0 Å². The maximum atomic E-state index is 9.96. The number of hydrogen-bond acceptors (Lipinski definition) is 9. The fourth-order valence-electron chi connectivity index (χ4n) is 2.32. The van der Waals surface area contributed by atoms with E-state index in [2.05, 4.69) is 0 Å². The van der Waals surface area contributed by atoms with Gasteiger partial charge in [0.25, 0.3) is 0 Å². The van der Waals surface area contributed by atoms with Crippen molar-refractivity contribution in [2.45, 2.75) is 24.8 Å². The molecule has 2 aromatic rings. The van der Waals surface area contributed by atoms with Crippen LogP contribution in [0.2, 0.25) is 0 Å². The molecular formula is C20H26O9. The van der Waals surface area contributed by atoms with Gasteiger partial charge in [-0.3, -0.25) is 0 Å². The van der Waals surface area contributed by atoms with Gasteiger partial charge in [0.15, 0.2) is 23.0 Å². The molecule has 0 saturated carbocycles. The van der Waals surface area contributed by atoms with Crippen LogP contribution in [0.15, 0.2) is 48.5 Å². The Hall–Kier alpha value is -2.56. The Morgan fingerprint density at radius 1 is 0.621 bits per heavy atom. The monoisotopic (exact) mass is 410 g/mol. The first-order valence-corrected chi connectivity index (χ1v) is 8.85. The number of para-hydroxylation sites is 4. The second-order valence-corrected chi connectivity index (χ2v) is 5.99. The van der Waals surface area contributed by atoms with Crippen molar-refractivity contribution in [2.75, 3.05) is 27.4 Å². The zero-order valence-corrected chi connectivity index (χ0v) is 16.2.